The van der Waals surface area contributed by atoms with E-state index >= 15 is 0 Å². The average Bonchev–Trinajstić information content (AvgIpc) is 2.81. The van der Waals surface area contributed by atoms with Crippen LogP contribution in [0.25, 0.3) is 0 Å². The fourth-order valence-electron chi connectivity index (χ4n) is 1.31. The molecule has 0 aromatic carbocycles. The van der Waals surface area contributed by atoms with Crippen molar-refractivity contribution in [2.45, 2.75) is 51.6 Å². The molecule has 0 unspecified atom stereocenters. The van der Waals surface area contributed by atoms with Gasteiger partial charge in [0.2, 0.25) is 0 Å². The predicted molar refractivity (Wildman–Crippen MR) is 60.7 cm³/mol. The van der Waals surface area contributed by atoms with Crippen molar-refractivity contribution in [3.8, 4) is 0 Å². The smallest absolute Gasteiger partial charge is 0.107 e. The lowest BCUT2D eigenvalue weighted by atomic mass is 10.1. The van der Waals surface area contributed by atoms with Gasteiger partial charge in [-0.1, -0.05) is 0 Å². The van der Waals surface area contributed by atoms with Crippen LogP contribution in [0.15, 0.2) is 5.38 Å². The first-order chi connectivity index (χ1) is 6.54. The first-order valence-electron chi connectivity index (χ1n) is 5.24. The fourth-order valence-corrected chi connectivity index (χ4v) is 2.13. The molecule has 0 amide bonds. The Morgan fingerprint density at radius 1 is 1.50 bits per heavy atom. The van der Waals surface area contributed by atoms with E-state index in [1.54, 1.807) is 11.3 Å². The summed E-state index contributed by atoms with van der Waals surface area (Å²) in [5.74, 6) is 0.787. The summed E-state index contributed by atoms with van der Waals surface area (Å²) in [4.78, 5) is 4.63. The van der Waals surface area contributed by atoms with Gasteiger partial charge in [0.05, 0.1) is 5.69 Å². The lowest BCUT2D eigenvalue weighted by Crippen LogP contribution is -2.35. The SMILES string of the molecule is CC(C)(C)NCc1nc(C2CC2)cs1. The van der Waals surface area contributed by atoms with Crippen molar-refractivity contribution >= 4 is 11.3 Å². The molecule has 1 aliphatic carbocycles. The molecule has 1 heterocycles. The molecule has 14 heavy (non-hydrogen) atoms. The summed E-state index contributed by atoms with van der Waals surface area (Å²) >= 11 is 1.78. The number of nitrogens with zero attached hydrogens (tertiary/aromatic N) is 1. The maximum absolute atomic E-state index is 4.63. The van der Waals surface area contributed by atoms with E-state index < -0.39 is 0 Å². The molecule has 2 rings (SSSR count). The van der Waals surface area contributed by atoms with Gasteiger partial charge >= 0.3 is 0 Å². The van der Waals surface area contributed by atoms with Crippen LogP contribution in [0.5, 0.6) is 0 Å². The second-order valence-corrected chi connectivity index (χ2v) is 5.99. The summed E-state index contributed by atoms with van der Waals surface area (Å²) in [6, 6.07) is 0. The van der Waals surface area contributed by atoms with Crippen LogP contribution < -0.4 is 5.32 Å². The van der Waals surface area contributed by atoms with Crippen molar-refractivity contribution in [2.24, 2.45) is 0 Å². The van der Waals surface area contributed by atoms with Crippen LogP contribution in [0.4, 0.5) is 0 Å². The van der Waals surface area contributed by atoms with Crippen molar-refractivity contribution in [2.75, 3.05) is 0 Å². The Morgan fingerprint density at radius 2 is 2.21 bits per heavy atom. The van der Waals surface area contributed by atoms with Gasteiger partial charge in [-0.25, -0.2) is 4.98 Å². The molecule has 1 N–H and O–H groups in total. The van der Waals surface area contributed by atoms with Crippen LogP contribution in [0.1, 0.15) is 50.2 Å². The van der Waals surface area contributed by atoms with E-state index in [4.69, 9.17) is 0 Å². The molecule has 0 saturated heterocycles. The Hall–Kier alpha value is -0.410. The third kappa shape index (κ3) is 2.79. The highest BCUT2D eigenvalue weighted by Crippen LogP contribution is 2.40. The molecule has 3 heteroatoms. The Balaban J connectivity index is 1.90. The topological polar surface area (TPSA) is 24.9 Å². The van der Waals surface area contributed by atoms with Crippen molar-refractivity contribution in [3.63, 3.8) is 0 Å². The summed E-state index contributed by atoms with van der Waals surface area (Å²) in [7, 11) is 0. The highest BCUT2D eigenvalue weighted by atomic mass is 32.1. The minimum absolute atomic E-state index is 0.186. The summed E-state index contributed by atoms with van der Waals surface area (Å²) in [5, 5.41) is 6.90. The van der Waals surface area contributed by atoms with Crippen LogP contribution >= 0.6 is 11.3 Å². The van der Waals surface area contributed by atoms with Crippen molar-refractivity contribution in [3.05, 3.63) is 16.1 Å². The summed E-state index contributed by atoms with van der Waals surface area (Å²) < 4.78 is 0. The van der Waals surface area contributed by atoms with Gasteiger partial charge in [0.1, 0.15) is 5.01 Å². The normalized spacial score (nSPS) is 17.4. The van der Waals surface area contributed by atoms with E-state index in [2.05, 4.69) is 36.5 Å². The molecule has 1 saturated carbocycles. The minimum Gasteiger partial charge on any atom is -0.306 e. The van der Waals surface area contributed by atoms with Crippen LogP contribution in [-0.2, 0) is 6.54 Å². The molecule has 0 atom stereocenters. The largest absolute Gasteiger partial charge is 0.306 e. The number of aromatic nitrogens is 1. The number of thiazole rings is 1. The second kappa shape index (κ2) is 3.63. The molecule has 0 radical (unpaired) electrons. The molecule has 78 valence electrons. The van der Waals surface area contributed by atoms with E-state index in [-0.39, 0.29) is 5.54 Å². The van der Waals surface area contributed by atoms with Gasteiger partial charge in [-0.15, -0.1) is 11.3 Å². The average molecular weight is 210 g/mol. The van der Waals surface area contributed by atoms with Crippen molar-refractivity contribution in [1.29, 1.82) is 0 Å². The quantitative estimate of drug-likeness (QED) is 0.829. The summed E-state index contributed by atoms with van der Waals surface area (Å²) in [6.07, 6.45) is 2.69. The highest BCUT2D eigenvalue weighted by molar-refractivity contribution is 7.09. The van der Waals surface area contributed by atoms with E-state index in [1.165, 1.54) is 23.5 Å². The zero-order valence-corrected chi connectivity index (χ0v) is 9.95. The van der Waals surface area contributed by atoms with E-state index in [0.29, 0.717) is 0 Å². The predicted octanol–water partition coefficient (Wildman–Crippen LogP) is 2.91. The molecule has 0 bridgehead atoms. The molecule has 0 spiro atoms. The van der Waals surface area contributed by atoms with Gasteiger partial charge < -0.3 is 5.32 Å². The minimum atomic E-state index is 0.186. The summed E-state index contributed by atoms with van der Waals surface area (Å²) in [6.45, 7) is 7.45. The van der Waals surface area contributed by atoms with E-state index in [1.807, 2.05) is 0 Å². The number of rotatable bonds is 3. The Bertz CT molecular complexity index is 307. The lowest BCUT2D eigenvalue weighted by molar-refractivity contribution is 0.423. The molecule has 1 aliphatic rings. The van der Waals surface area contributed by atoms with Gasteiger partial charge in [-0.05, 0) is 33.6 Å². The van der Waals surface area contributed by atoms with Gasteiger partial charge in [0.15, 0.2) is 0 Å². The van der Waals surface area contributed by atoms with Crippen molar-refractivity contribution < 1.29 is 0 Å². The highest BCUT2D eigenvalue weighted by Gasteiger charge is 2.26. The molecule has 0 aliphatic heterocycles. The number of nitrogens with one attached hydrogen (secondary N) is 1. The molecule has 2 nitrogen and oxygen atoms in total. The lowest BCUT2D eigenvalue weighted by Gasteiger charge is -2.19. The standard InChI is InChI=1S/C11H18N2S/c1-11(2,3)12-6-10-13-9(7-14-10)8-4-5-8/h7-8,12H,4-6H2,1-3H3. The van der Waals surface area contributed by atoms with Gasteiger partial charge in [0.25, 0.3) is 0 Å². The number of hydrogen-bond acceptors (Lipinski definition) is 3. The second-order valence-electron chi connectivity index (χ2n) is 5.04. The Kier molecular flexibility index (Phi) is 2.62. The molecule has 1 aromatic rings. The number of hydrogen-bond donors (Lipinski definition) is 1. The summed E-state index contributed by atoms with van der Waals surface area (Å²) in [5.41, 5.74) is 1.51. The van der Waals surface area contributed by atoms with Crippen LogP contribution in [-0.4, -0.2) is 10.5 Å². The van der Waals surface area contributed by atoms with E-state index in [0.717, 1.165) is 12.5 Å². The maximum atomic E-state index is 4.63. The van der Waals surface area contributed by atoms with Gasteiger partial charge in [-0.2, -0.15) is 0 Å². The first kappa shape index (κ1) is 10.1. The maximum Gasteiger partial charge on any atom is 0.107 e. The van der Waals surface area contributed by atoms with Crippen LogP contribution in [0.3, 0.4) is 0 Å². The van der Waals surface area contributed by atoms with Crippen LogP contribution in [0, 0.1) is 0 Å². The van der Waals surface area contributed by atoms with E-state index in [9.17, 15) is 0 Å². The van der Waals surface area contributed by atoms with Gasteiger partial charge in [-0.3, -0.25) is 0 Å². The van der Waals surface area contributed by atoms with Crippen molar-refractivity contribution in [1.82, 2.24) is 10.3 Å². The first-order valence-corrected chi connectivity index (χ1v) is 6.12. The fraction of sp³-hybridized carbons (Fsp3) is 0.727. The molecule has 1 aromatic heterocycles. The zero-order chi connectivity index (χ0) is 10.2. The third-order valence-electron chi connectivity index (χ3n) is 2.34. The third-order valence-corrected chi connectivity index (χ3v) is 3.20. The van der Waals surface area contributed by atoms with Crippen LogP contribution in [0.2, 0.25) is 0 Å². The monoisotopic (exact) mass is 210 g/mol. The molecule has 1 fully saturated rings. The molecular formula is C11H18N2S. The Labute approximate surface area is 89.8 Å². The zero-order valence-electron chi connectivity index (χ0n) is 9.13. The Morgan fingerprint density at radius 3 is 2.79 bits per heavy atom. The van der Waals surface area contributed by atoms with Gasteiger partial charge in [0, 0.05) is 23.4 Å². The molecular weight excluding hydrogens is 192 g/mol.